The molecule has 5 heteroatoms. The van der Waals surface area contributed by atoms with Crippen molar-refractivity contribution in [1.29, 1.82) is 0 Å². The van der Waals surface area contributed by atoms with Gasteiger partial charge in [-0.1, -0.05) is 6.07 Å². The second kappa shape index (κ2) is 5.32. The molecule has 0 fully saturated rings. The highest BCUT2D eigenvalue weighted by Gasteiger charge is 2.13. The zero-order chi connectivity index (χ0) is 12.4. The number of hydrogen-bond acceptors (Lipinski definition) is 3. The van der Waals surface area contributed by atoms with E-state index < -0.39 is 0 Å². The highest BCUT2D eigenvalue weighted by atomic mass is 127. The second-order valence-electron chi connectivity index (χ2n) is 3.56. The molecule has 0 spiro atoms. The molecular formula is C12H11FINOS. The molecule has 0 aliphatic carbocycles. The van der Waals surface area contributed by atoms with Crippen molar-refractivity contribution in [2.24, 2.45) is 5.73 Å². The lowest BCUT2D eigenvalue weighted by atomic mass is 10.0. The number of nitrogens with two attached hydrogens (primary N) is 1. The van der Waals surface area contributed by atoms with Gasteiger partial charge in [0.25, 0.3) is 0 Å². The van der Waals surface area contributed by atoms with Gasteiger partial charge in [-0.2, -0.15) is 0 Å². The first-order chi connectivity index (χ1) is 8.11. The van der Waals surface area contributed by atoms with Crippen molar-refractivity contribution in [2.75, 3.05) is 7.11 Å². The van der Waals surface area contributed by atoms with Crippen LogP contribution in [-0.4, -0.2) is 7.11 Å². The van der Waals surface area contributed by atoms with Crippen LogP contribution in [0, 0.1) is 8.70 Å². The van der Waals surface area contributed by atoms with Gasteiger partial charge in [0.05, 0.1) is 16.0 Å². The van der Waals surface area contributed by atoms with Crippen LogP contribution in [0.2, 0.25) is 0 Å². The fourth-order valence-corrected chi connectivity index (χ4v) is 2.96. The highest BCUT2D eigenvalue weighted by Crippen LogP contribution is 2.28. The Morgan fingerprint density at radius 3 is 2.65 bits per heavy atom. The first-order valence-corrected chi connectivity index (χ1v) is 6.90. The topological polar surface area (TPSA) is 35.2 Å². The van der Waals surface area contributed by atoms with E-state index in [2.05, 4.69) is 22.6 Å². The first-order valence-electron chi connectivity index (χ1n) is 4.94. The van der Waals surface area contributed by atoms with E-state index in [1.807, 2.05) is 11.4 Å². The Labute approximate surface area is 117 Å². The molecule has 90 valence electrons. The van der Waals surface area contributed by atoms with Crippen LogP contribution in [0.5, 0.6) is 5.75 Å². The second-order valence-corrected chi connectivity index (χ2v) is 6.36. The minimum atomic E-state index is -0.384. The van der Waals surface area contributed by atoms with Crippen molar-refractivity contribution in [3.63, 3.8) is 0 Å². The first kappa shape index (κ1) is 12.8. The third-order valence-corrected chi connectivity index (χ3v) is 4.29. The zero-order valence-electron chi connectivity index (χ0n) is 9.11. The summed E-state index contributed by atoms with van der Waals surface area (Å²) >= 11 is 3.87. The molecular weight excluding hydrogens is 352 g/mol. The van der Waals surface area contributed by atoms with E-state index in [0.29, 0.717) is 0 Å². The van der Waals surface area contributed by atoms with Gasteiger partial charge in [0.1, 0.15) is 0 Å². The molecule has 0 aliphatic heterocycles. The molecule has 0 radical (unpaired) electrons. The SMILES string of the molecule is COc1ccc(C(N)c2csc(I)c2)cc1F. The molecule has 17 heavy (non-hydrogen) atoms. The lowest BCUT2D eigenvalue weighted by Crippen LogP contribution is -2.11. The van der Waals surface area contributed by atoms with Crippen molar-refractivity contribution in [1.82, 2.24) is 0 Å². The van der Waals surface area contributed by atoms with Crippen molar-refractivity contribution in [3.05, 3.63) is 49.5 Å². The smallest absolute Gasteiger partial charge is 0.165 e. The van der Waals surface area contributed by atoms with Gasteiger partial charge in [-0.15, -0.1) is 11.3 Å². The van der Waals surface area contributed by atoms with Gasteiger partial charge < -0.3 is 10.5 Å². The normalized spacial score (nSPS) is 12.5. The van der Waals surface area contributed by atoms with E-state index in [9.17, 15) is 4.39 Å². The Balaban J connectivity index is 2.31. The Morgan fingerprint density at radius 2 is 2.12 bits per heavy atom. The maximum atomic E-state index is 13.6. The van der Waals surface area contributed by atoms with E-state index in [1.54, 1.807) is 23.5 Å². The average molecular weight is 363 g/mol. The number of ether oxygens (including phenoxy) is 1. The Hall–Kier alpha value is -0.660. The largest absolute Gasteiger partial charge is 0.494 e. The summed E-state index contributed by atoms with van der Waals surface area (Å²) in [4.78, 5) is 0. The van der Waals surface area contributed by atoms with Crippen LogP contribution in [-0.2, 0) is 0 Å². The standard InChI is InChI=1S/C12H11FINOS/c1-16-10-3-2-7(4-9(10)13)12(15)8-5-11(14)17-6-8/h2-6,12H,15H2,1H3. The zero-order valence-corrected chi connectivity index (χ0v) is 12.1. The summed E-state index contributed by atoms with van der Waals surface area (Å²) in [6, 6.07) is 6.53. The number of thiophene rings is 1. The van der Waals surface area contributed by atoms with E-state index in [-0.39, 0.29) is 17.6 Å². The minimum Gasteiger partial charge on any atom is -0.494 e. The van der Waals surface area contributed by atoms with Crippen LogP contribution in [0.3, 0.4) is 0 Å². The number of methoxy groups -OCH3 is 1. The van der Waals surface area contributed by atoms with Crippen molar-refractivity contribution in [2.45, 2.75) is 6.04 Å². The van der Waals surface area contributed by atoms with Gasteiger partial charge in [-0.05, 0) is 57.3 Å². The van der Waals surface area contributed by atoms with Crippen molar-refractivity contribution >= 4 is 33.9 Å². The molecule has 1 aromatic carbocycles. The molecule has 1 atom stereocenters. The van der Waals surface area contributed by atoms with Crippen molar-refractivity contribution in [3.8, 4) is 5.75 Å². The molecule has 0 saturated heterocycles. The highest BCUT2D eigenvalue weighted by molar-refractivity contribution is 14.1. The molecule has 0 amide bonds. The molecule has 1 aromatic heterocycles. The summed E-state index contributed by atoms with van der Waals surface area (Å²) in [5, 5.41) is 1.99. The van der Waals surface area contributed by atoms with E-state index in [0.717, 1.165) is 11.1 Å². The molecule has 2 nitrogen and oxygen atoms in total. The molecule has 0 bridgehead atoms. The quantitative estimate of drug-likeness (QED) is 0.847. The Kier molecular flexibility index (Phi) is 4.01. The lowest BCUT2D eigenvalue weighted by Gasteiger charge is -2.11. The molecule has 0 aliphatic rings. The third-order valence-electron chi connectivity index (χ3n) is 2.48. The lowest BCUT2D eigenvalue weighted by molar-refractivity contribution is 0.386. The summed E-state index contributed by atoms with van der Waals surface area (Å²) in [6.07, 6.45) is 0. The molecule has 2 N–H and O–H groups in total. The number of rotatable bonds is 3. The molecule has 0 saturated carbocycles. The third kappa shape index (κ3) is 2.78. The Morgan fingerprint density at radius 1 is 1.35 bits per heavy atom. The van der Waals surface area contributed by atoms with Gasteiger partial charge >= 0.3 is 0 Å². The van der Waals surface area contributed by atoms with Crippen LogP contribution in [0.4, 0.5) is 4.39 Å². The summed E-state index contributed by atoms with van der Waals surface area (Å²) in [7, 11) is 1.44. The summed E-state index contributed by atoms with van der Waals surface area (Å²) < 4.78 is 19.6. The van der Waals surface area contributed by atoms with Gasteiger partial charge in [0.15, 0.2) is 11.6 Å². The van der Waals surface area contributed by atoms with Crippen molar-refractivity contribution < 1.29 is 9.13 Å². The van der Waals surface area contributed by atoms with Crippen LogP contribution < -0.4 is 10.5 Å². The number of benzene rings is 1. The Bertz CT molecular complexity index is 529. The predicted molar refractivity (Wildman–Crippen MR) is 76.0 cm³/mol. The molecule has 2 rings (SSSR count). The van der Waals surface area contributed by atoms with E-state index >= 15 is 0 Å². The summed E-state index contributed by atoms with van der Waals surface area (Å²) in [5.74, 6) is -0.147. The van der Waals surface area contributed by atoms with Crippen LogP contribution in [0.15, 0.2) is 29.6 Å². The molecule has 1 unspecified atom stereocenters. The van der Waals surface area contributed by atoms with E-state index in [1.165, 1.54) is 16.1 Å². The van der Waals surface area contributed by atoms with Gasteiger partial charge in [-0.25, -0.2) is 4.39 Å². The van der Waals surface area contributed by atoms with Gasteiger partial charge in [0, 0.05) is 0 Å². The van der Waals surface area contributed by atoms with Crippen LogP contribution >= 0.6 is 33.9 Å². The minimum absolute atomic E-state index is 0.237. The number of halogens is 2. The molecule has 2 aromatic rings. The maximum Gasteiger partial charge on any atom is 0.165 e. The average Bonchev–Trinajstić information content (AvgIpc) is 2.75. The monoisotopic (exact) mass is 363 g/mol. The van der Waals surface area contributed by atoms with Crippen LogP contribution in [0.1, 0.15) is 17.2 Å². The fourth-order valence-electron chi connectivity index (χ4n) is 1.56. The van der Waals surface area contributed by atoms with Gasteiger partial charge in [0.2, 0.25) is 0 Å². The maximum absolute atomic E-state index is 13.6. The van der Waals surface area contributed by atoms with Crippen LogP contribution in [0.25, 0.3) is 0 Å². The summed E-state index contributed by atoms with van der Waals surface area (Å²) in [6.45, 7) is 0. The molecule has 1 heterocycles. The fraction of sp³-hybridized carbons (Fsp3) is 0.167. The predicted octanol–water partition coefficient (Wildman–Crippen LogP) is 3.55. The van der Waals surface area contributed by atoms with E-state index in [4.69, 9.17) is 10.5 Å². The number of hydrogen-bond donors (Lipinski definition) is 1. The summed E-state index contributed by atoms with van der Waals surface area (Å²) in [5.41, 5.74) is 7.84. The van der Waals surface area contributed by atoms with Gasteiger partial charge in [-0.3, -0.25) is 0 Å².